The van der Waals surface area contributed by atoms with Crippen molar-refractivity contribution in [1.29, 1.82) is 0 Å². The third-order valence-electron chi connectivity index (χ3n) is 1.01. The molecular weight excluding hydrogens is 200 g/mol. The van der Waals surface area contributed by atoms with E-state index in [-0.39, 0.29) is 0 Å². The van der Waals surface area contributed by atoms with Crippen LogP contribution in [0.25, 0.3) is 0 Å². The van der Waals surface area contributed by atoms with Crippen molar-refractivity contribution in [3.05, 3.63) is 10.3 Å². The van der Waals surface area contributed by atoms with Crippen molar-refractivity contribution in [2.24, 2.45) is 12.2 Å². The number of aromatic nitrogens is 3. The van der Waals surface area contributed by atoms with Crippen LogP contribution in [0.4, 0.5) is 0 Å². The van der Waals surface area contributed by atoms with E-state index in [0.717, 1.165) is 0 Å². The fraction of sp³-hybridized carbons (Fsp3) is 0.250. The van der Waals surface area contributed by atoms with Crippen LogP contribution in [0.5, 0.6) is 0 Å². The SMILES string of the molecule is Cn1nnc(Br)c1/C=N/O. The van der Waals surface area contributed by atoms with Gasteiger partial charge in [-0.1, -0.05) is 10.4 Å². The Balaban J connectivity index is 3.10. The highest BCUT2D eigenvalue weighted by atomic mass is 79.9. The van der Waals surface area contributed by atoms with Gasteiger partial charge in [0.05, 0.1) is 6.21 Å². The molecule has 1 aromatic rings. The summed E-state index contributed by atoms with van der Waals surface area (Å²) in [6.45, 7) is 0. The summed E-state index contributed by atoms with van der Waals surface area (Å²) in [6.07, 6.45) is 1.25. The third kappa shape index (κ3) is 1.15. The van der Waals surface area contributed by atoms with Crippen LogP contribution in [0.1, 0.15) is 5.69 Å². The van der Waals surface area contributed by atoms with Crippen molar-refractivity contribution in [2.45, 2.75) is 0 Å². The monoisotopic (exact) mass is 204 g/mol. The van der Waals surface area contributed by atoms with Crippen LogP contribution in [0, 0.1) is 0 Å². The molecule has 0 unspecified atom stereocenters. The largest absolute Gasteiger partial charge is 0.411 e. The van der Waals surface area contributed by atoms with E-state index in [9.17, 15) is 0 Å². The van der Waals surface area contributed by atoms with Gasteiger partial charge in [-0.05, 0) is 15.9 Å². The quantitative estimate of drug-likeness (QED) is 0.409. The topological polar surface area (TPSA) is 63.3 Å². The minimum Gasteiger partial charge on any atom is -0.411 e. The van der Waals surface area contributed by atoms with Gasteiger partial charge in [0.2, 0.25) is 0 Å². The van der Waals surface area contributed by atoms with Crippen LogP contribution >= 0.6 is 15.9 Å². The minimum absolute atomic E-state index is 0.563. The smallest absolute Gasteiger partial charge is 0.157 e. The van der Waals surface area contributed by atoms with Crippen LogP contribution in [-0.4, -0.2) is 26.4 Å². The van der Waals surface area contributed by atoms with Crippen molar-refractivity contribution >= 4 is 22.1 Å². The summed E-state index contributed by atoms with van der Waals surface area (Å²) in [6, 6.07) is 0. The van der Waals surface area contributed by atoms with Crippen LogP contribution in [0.2, 0.25) is 0 Å². The lowest BCUT2D eigenvalue weighted by atomic mass is 10.5. The first kappa shape index (κ1) is 7.20. The average molecular weight is 205 g/mol. The molecule has 0 amide bonds. The molecule has 0 fully saturated rings. The van der Waals surface area contributed by atoms with Crippen LogP contribution in [-0.2, 0) is 7.05 Å². The van der Waals surface area contributed by atoms with Gasteiger partial charge in [0.1, 0.15) is 5.69 Å². The summed E-state index contributed by atoms with van der Waals surface area (Å²) >= 11 is 3.12. The molecule has 54 valence electrons. The average Bonchev–Trinajstić information content (AvgIpc) is 2.20. The first-order valence-electron chi connectivity index (χ1n) is 2.48. The zero-order chi connectivity index (χ0) is 7.56. The Morgan fingerprint density at radius 3 is 2.90 bits per heavy atom. The van der Waals surface area contributed by atoms with Crippen molar-refractivity contribution < 1.29 is 5.21 Å². The second-order valence-electron chi connectivity index (χ2n) is 1.63. The van der Waals surface area contributed by atoms with E-state index in [2.05, 4.69) is 31.4 Å². The lowest BCUT2D eigenvalue weighted by Crippen LogP contribution is -1.96. The van der Waals surface area contributed by atoms with Gasteiger partial charge >= 0.3 is 0 Å². The molecular formula is C4H5BrN4O. The van der Waals surface area contributed by atoms with E-state index in [1.54, 1.807) is 7.05 Å². The Kier molecular flexibility index (Phi) is 2.00. The number of nitrogens with zero attached hydrogens (tertiary/aromatic N) is 4. The van der Waals surface area contributed by atoms with E-state index in [4.69, 9.17) is 5.21 Å². The number of hydrogen-bond donors (Lipinski definition) is 1. The molecule has 0 atom stereocenters. The summed E-state index contributed by atoms with van der Waals surface area (Å²) in [5.41, 5.74) is 0.627. The Hall–Kier alpha value is -0.910. The lowest BCUT2D eigenvalue weighted by molar-refractivity contribution is 0.321. The van der Waals surface area contributed by atoms with Crippen LogP contribution < -0.4 is 0 Å². The summed E-state index contributed by atoms with van der Waals surface area (Å²) in [7, 11) is 1.70. The molecule has 5 nitrogen and oxygen atoms in total. The van der Waals surface area contributed by atoms with Gasteiger partial charge in [-0.25, -0.2) is 4.68 Å². The highest BCUT2D eigenvalue weighted by molar-refractivity contribution is 9.10. The second kappa shape index (κ2) is 2.78. The normalized spacial score (nSPS) is 11.0. The molecule has 0 aromatic carbocycles. The number of hydrogen-bond acceptors (Lipinski definition) is 4. The highest BCUT2D eigenvalue weighted by Crippen LogP contribution is 2.08. The summed E-state index contributed by atoms with van der Waals surface area (Å²) < 4.78 is 2.05. The maximum absolute atomic E-state index is 8.17. The van der Waals surface area contributed by atoms with Crippen molar-refractivity contribution in [3.63, 3.8) is 0 Å². The molecule has 0 bridgehead atoms. The summed E-state index contributed by atoms with van der Waals surface area (Å²) in [5.74, 6) is 0. The van der Waals surface area contributed by atoms with E-state index >= 15 is 0 Å². The van der Waals surface area contributed by atoms with Gasteiger partial charge < -0.3 is 5.21 Å². The van der Waals surface area contributed by atoms with Crippen LogP contribution in [0.3, 0.4) is 0 Å². The maximum atomic E-state index is 8.17. The van der Waals surface area contributed by atoms with Gasteiger partial charge in [0, 0.05) is 7.05 Å². The number of halogens is 1. The summed E-state index contributed by atoms with van der Waals surface area (Å²) in [5, 5.41) is 18.3. The fourth-order valence-electron chi connectivity index (χ4n) is 0.531. The van der Waals surface area contributed by atoms with Crippen molar-refractivity contribution in [3.8, 4) is 0 Å². The molecule has 1 heterocycles. The standard InChI is InChI=1S/C4H5BrN4O/c1-9-3(2-6-10)4(5)7-8-9/h2,10H,1H3/b6-2+. The lowest BCUT2D eigenvalue weighted by Gasteiger charge is -1.88. The molecule has 1 rings (SSSR count). The number of oxime groups is 1. The highest BCUT2D eigenvalue weighted by Gasteiger charge is 2.03. The fourth-order valence-corrected chi connectivity index (χ4v) is 0.961. The predicted octanol–water partition coefficient (Wildman–Crippen LogP) is 0.386. The molecule has 1 N–H and O–H groups in total. The number of aryl methyl sites for hydroxylation is 1. The Bertz CT molecular complexity index is 236. The molecule has 0 aliphatic heterocycles. The minimum atomic E-state index is 0.563. The van der Waals surface area contributed by atoms with Gasteiger partial charge in [-0.15, -0.1) is 5.10 Å². The zero-order valence-electron chi connectivity index (χ0n) is 5.19. The number of rotatable bonds is 1. The molecule has 1 aromatic heterocycles. The Labute approximate surface area is 65.5 Å². The van der Waals surface area contributed by atoms with Gasteiger partial charge in [-0.3, -0.25) is 0 Å². The van der Waals surface area contributed by atoms with E-state index in [1.807, 2.05) is 0 Å². The molecule has 0 spiro atoms. The first-order chi connectivity index (χ1) is 4.75. The molecule has 0 saturated heterocycles. The van der Waals surface area contributed by atoms with Crippen LogP contribution in [0.15, 0.2) is 9.76 Å². The Morgan fingerprint density at radius 2 is 2.50 bits per heavy atom. The summed E-state index contributed by atoms with van der Waals surface area (Å²) in [4.78, 5) is 0. The predicted molar refractivity (Wildman–Crippen MR) is 38.1 cm³/mol. The zero-order valence-corrected chi connectivity index (χ0v) is 6.78. The molecule has 6 heteroatoms. The van der Waals surface area contributed by atoms with Gasteiger partial charge in [-0.2, -0.15) is 0 Å². The second-order valence-corrected chi connectivity index (χ2v) is 2.38. The van der Waals surface area contributed by atoms with Crippen molar-refractivity contribution in [1.82, 2.24) is 15.0 Å². The van der Waals surface area contributed by atoms with Gasteiger partial charge in [0.15, 0.2) is 4.60 Å². The molecule has 0 radical (unpaired) electrons. The van der Waals surface area contributed by atoms with E-state index < -0.39 is 0 Å². The third-order valence-corrected chi connectivity index (χ3v) is 1.57. The molecule has 10 heavy (non-hydrogen) atoms. The maximum Gasteiger partial charge on any atom is 0.157 e. The molecule has 0 saturated carbocycles. The van der Waals surface area contributed by atoms with E-state index in [1.165, 1.54) is 10.9 Å². The van der Waals surface area contributed by atoms with Crippen molar-refractivity contribution in [2.75, 3.05) is 0 Å². The first-order valence-corrected chi connectivity index (χ1v) is 3.27. The Morgan fingerprint density at radius 1 is 1.80 bits per heavy atom. The van der Waals surface area contributed by atoms with E-state index in [0.29, 0.717) is 10.3 Å². The molecule has 0 aliphatic carbocycles. The van der Waals surface area contributed by atoms with Gasteiger partial charge in [0.25, 0.3) is 0 Å². The molecule has 0 aliphatic rings.